The zero-order valence-corrected chi connectivity index (χ0v) is 17.3. The average Bonchev–Trinajstić information content (AvgIpc) is 3.18. The van der Waals surface area contributed by atoms with Gasteiger partial charge in [0.2, 0.25) is 5.91 Å². The first kappa shape index (κ1) is 20.3. The maximum absolute atomic E-state index is 12.9. The van der Waals surface area contributed by atoms with E-state index in [1.807, 2.05) is 34.1 Å². The van der Waals surface area contributed by atoms with Crippen LogP contribution < -0.4 is 0 Å². The zero-order chi connectivity index (χ0) is 21.1. The molecule has 2 aromatic rings. The van der Waals surface area contributed by atoms with Crippen molar-refractivity contribution >= 4 is 17.6 Å². The number of amides is 2. The molecule has 0 unspecified atom stereocenters. The number of rotatable bonds is 5. The van der Waals surface area contributed by atoms with Crippen molar-refractivity contribution in [2.45, 2.75) is 32.6 Å². The molecule has 6 nitrogen and oxygen atoms in total. The first-order valence-electron chi connectivity index (χ1n) is 10.7. The summed E-state index contributed by atoms with van der Waals surface area (Å²) >= 11 is 0. The third-order valence-electron chi connectivity index (χ3n) is 6.13. The number of carbonyl (C=O) groups excluding carboxylic acids is 3. The second kappa shape index (κ2) is 8.78. The summed E-state index contributed by atoms with van der Waals surface area (Å²) in [6.07, 6.45) is 5.13. The Morgan fingerprint density at radius 1 is 1.07 bits per heavy atom. The van der Waals surface area contributed by atoms with Gasteiger partial charge in [0.05, 0.1) is 11.3 Å². The van der Waals surface area contributed by atoms with E-state index in [9.17, 15) is 14.4 Å². The summed E-state index contributed by atoms with van der Waals surface area (Å²) < 4.78 is 0. The molecule has 0 radical (unpaired) electrons. The van der Waals surface area contributed by atoms with Gasteiger partial charge < -0.3 is 9.80 Å². The minimum absolute atomic E-state index is 0.00207. The highest BCUT2D eigenvalue weighted by atomic mass is 16.2. The number of piperidine rings is 1. The number of ketones is 1. The van der Waals surface area contributed by atoms with Crippen LogP contribution in [0.15, 0.2) is 42.6 Å². The first-order chi connectivity index (χ1) is 14.5. The van der Waals surface area contributed by atoms with Gasteiger partial charge in [-0.05, 0) is 50.3 Å². The predicted molar refractivity (Wildman–Crippen MR) is 114 cm³/mol. The number of hydrogen-bond donors (Lipinski definition) is 0. The van der Waals surface area contributed by atoms with Crippen molar-refractivity contribution in [3.05, 3.63) is 53.7 Å². The predicted octanol–water partition coefficient (Wildman–Crippen LogP) is 3.43. The fraction of sp³-hybridized carbons (Fsp3) is 0.417. The van der Waals surface area contributed by atoms with Gasteiger partial charge in [0, 0.05) is 49.9 Å². The average molecular weight is 405 g/mol. The van der Waals surface area contributed by atoms with Crippen molar-refractivity contribution in [3.63, 3.8) is 0 Å². The topological polar surface area (TPSA) is 70.6 Å². The highest BCUT2D eigenvalue weighted by molar-refractivity contribution is 5.96. The van der Waals surface area contributed by atoms with E-state index in [2.05, 4.69) is 4.98 Å². The Morgan fingerprint density at radius 3 is 2.50 bits per heavy atom. The lowest BCUT2D eigenvalue weighted by molar-refractivity contribution is -0.128. The van der Waals surface area contributed by atoms with Crippen LogP contribution in [0.25, 0.3) is 11.3 Å². The van der Waals surface area contributed by atoms with Crippen molar-refractivity contribution in [1.29, 1.82) is 0 Å². The van der Waals surface area contributed by atoms with Crippen LogP contribution in [0.5, 0.6) is 0 Å². The van der Waals surface area contributed by atoms with Crippen LogP contribution in [-0.4, -0.2) is 58.6 Å². The van der Waals surface area contributed by atoms with Gasteiger partial charge in [0.1, 0.15) is 0 Å². The maximum Gasteiger partial charge on any atom is 0.255 e. The molecule has 0 aliphatic carbocycles. The summed E-state index contributed by atoms with van der Waals surface area (Å²) in [4.78, 5) is 44.6. The molecule has 156 valence electrons. The van der Waals surface area contributed by atoms with Crippen LogP contribution in [0.2, 0.25) is 0 Å². The largest absolute Gasteiger partial charge is 0.342 e. The molecule has 0 atom stereocenters. The SMILES string of the molecule is CC(=O)c1cccc(-c2ccc(C(=O)N3CCC(CN4CCCC4=O)CC3)cn2)c1. The monoisotopic (exact) mass is 405 g/mol. The highest BCUT2D eigenvalue weighted by Gasteiger charge is 2.28. The molecule has 6 heteroatoms. The van der Waals surface area contributed by atoms with Crippen LogP contribution in [-0.2, 0) is 4.79 Å². The van der Waals surface area contributed by atoms with E-state index >= 15 is 0 Å². The van der Waals surface area contributed by atoms with Gasteiger partial charge in [-0.25, -0.2) is 0 Å². The quantitative estimate of drug-likeness (QED) is 0.715. The van der Waals surface area contributed by atoms with Gasteiger partial charge in [-0.3, -0.25) is 19.4 Å². The highest BCUT2D eigenvalue weighted by Crippen LogP contribution is 2.23. The molecule has 1 aromatic heterocycles. The lowest BCUT2D eigenvalue weighted by Gasteiger charge is -2.34. The maximum atomic E-state index is 12.9. The molecule has 0 N–H and O–H groups in total. The Balaban J connectivity index is 1.36. The molecule has 2 aliphatic rings. The van der Waals surface area contributed by atoms with E-state index in [0.29, 0.717) is 36.6 Å². The summed E-state index contributed by atoms with van der Waals surface area (Å²) in [6.45, 7) is 4.68. The summed E-state index contributed by atoms with van der Waals surface area (Å²) in [5.74, 6) is 0.766. The Kier molecular flexibility index (Phi) is 5.93. The van der Waals surface area contributed by atoms with Crippen LogP contribution in [0.1, 0.15) is 53.3 Å². The van der Waals surface area contributed by atoms with Gasteiger partial charge >= 0.3 is 0 Å². The second-order valence-electron chi connectivity index (χ2n) is 8.25. The number of hydrogen-bond acceptors (Lipinski definition) is 4. The molecule has 4 rings (SSSR count). The number of pyridine rings is 1. The molecule has 30 heavy (non-hydrogen) atoms. The normalized spacial score (nSPS) is 17.4. The standard InChI is InChI=1S/C24H27N3O3/c1-17(28)19-4-2-5-20(14-19)22-8-7-21(15-25-22)24(30)26-12-9-18(10-13-26)16-27-11-3-6-23(27)29/h2,4-5,7-8,14-15,18H,3,6,9-13,16H2,1H3. The number of nitrogens with zero attached hydrogens (tertiary/aromatic N) is 3. The fourth-order valence-electron chi connectivity index (χ4n) is 4.30. The minimum atomic E-state index is 0.00207. The summed E-state index contributed by atoms with van der Waals surface area (Å²) in [5, 5.41) is 0. The zero-order valence-electron chi connectivity index (χ0n) is 17.3. The first-order valence-corrected chi connectivity index (χ1v) is 10.7. The number of aromatic nitrogens is 1. The molecule has 2 saturated heterocycles. The molecule has 2 aliphatic heterocycles. The van der Waals surface area contributed by atoms with Gasteiger partial charge in [0.15, 0.2) is 5.78 Å². The van der Waals surface area contributed by atoms with E-state index in [1.165, 1.54) is 0 Å². The molecule has 0 bridgehead atoms. The molecule has 1 aromatic carbocycles. The smallest absolute Gasteiger partial charge is 0.255 e. The molecule has 0 saturated carbocycles. The van der Waals surface area contributed by atoms with Crippen molar-refractivity contribution in [1.82, 2.24) is 14.8 Å². The van der Waals surface area contributed by atoms with Gasteiger partial charge in [-0.15, -0.1) is 0 Å². The summed E-state index contributed by atoms with van der Waals surface area (Å²) in [5.41, 5.74) is 2.82. The van der Waals surface area contributed by atoms with Crippen LogP contribution in [0.4, 0.5) is 0 Å². The summed E-state index contributed by atoms with van der Waals surface area (Å²) in [7, 11) is 0. The van der Waals surface area contributed by atoms with E-state index in [4.69, 9.17) is 0 Å². The van der Waals surface area contributed by atoms with Gasteiger partial charge in [-0.2, -0.15) is 0 Å². The van der Waals surface area contributed by atoms with Crippen molar-refractivity contribution in [2.75, 3.05) is 26.2 Å². The minimum Gasteiger partial charge on any atom is -0.342 e. The van der Waals surface area contributed by atoms with Gasteiger partial charge in [-0.1, -0.05) is 18.2 Å². The van der Waals surface area contributed by atoms with E-state index in [0.717, 1.165) is 43.6 Å². The van der Waals surface area contributed by atoms with Crippen molar-refractivity contribution < 1.29 is 14.4 Å². The number of likely N-dealkylation sites (tertiary alicyclic amines) is 2. The number of benzene rings is 1. The molecular weight excluding hydrogens is 378 g/mol. The third-order valence-corrected chi connectivity index (χ3v) is 6.13. The third kappa shape index (κ3) is 4.42. The summed E-state index contributed by atoms with van der Waals surface area (Å²) in [6, 6.07) is 11.0. The van der Waals surface area contributed by atoms with E-state index in [1.54, 1.807) is 25.3 Å². The Morgan fingerprint density at radius 2 is 1.87 bits per heavy atom. The molecule has 3 heterocycles. The van der Waals surface area contributed by atoms with Crippen molar-refractivity contribution in [3.8, 4) is 11.3 Å². The van der Waals surface area contributed by atoms with E-state index in [-0.39, 0.29) is 17.6 Å². The molecule has 2 fully saturated rings. The van der Waals surface area contributed by atoms with Gasteiger partial charge in [0.25, 0.3) is 5.91 Å². The molecule has 2 amide bonds. The lowest BCUT2D eigenvalue weighted by Crippen LogP contribution is -2.41. The molecular formula is C24H27N3O3. The van der Waals surface area contributed by atoms with E-state index < -0.39 is 0 Å². The Labute approximate surface area is 176 Å². The second-order valence-corrected chi connectivity index (χ2v) is 8.25. The lowest BCUT2D eigenvalue weighted by atomic mass is 9.95. The number of carbonyl (C=O) groups is 3. The van der Waals surface area contributed by atoms with Crippen LogP contribution in [0.3, 0.4) is 0 Å². The van der Waals surface area contributed by atoms with Crippen molar-refractivity contribution in [2.24, 2.45) is 5.92 Å². The Bertz CT molecular complexity index is 946. The van der Waals surface area contributed by atoms with Crippen LogP contribution in [0, 0.1) is 5.92 Å². The van der Waals surface area contributed by atoms with Crippen LogP contribution >= 0.6 is 0 Å². The number of Topliss-reactive ketones (excluding diaryl/α,β-unsaturated/α-hetero) is 1. The molecule has 0 spiro atoms. The Hall–Kier alpha value is -3.02. The fourth-order valence-corrected chi connectivity index (χ4v) is 4.30.